The van der Waals surface area contributed by atoms with Crippen LogP contribution in [0.1, 0.15) is 21.5 Å². The van der Waals surface area contributed by atoms with Crippen LogP contribution in [0.25, 0.3) is 0 Å². The first-order valence-electron chi connectivity index (χ1n) is 6.47. The van der Waals surface area contributed by atoms with Crippen molar-refractivity contribution in [3.63, 3.8) is 0 Å². The fourth-order valence-corrected chi connectivity index (χ4v) is 2.50. The van der Waals surface area contributed by atoms with E-state index < -0.39 is 5.82 Å². The third kappa shape index (κ3) is 3.42. The minimum absolute atomic E-state index is 0.250. The molecule has 2 aromatic carbocycles. The topological polar surface area (TPSA) is 41.1 Å². The summed E-state index contributed by atoms with van der Waals surface area (Å²) in [5, 5.41) is 5.77. The molecule has 0 aromatic heterocycles. The third-order valence-corrected chi connectivity index (χ3v) is 3.88. The average Bonchev–Trinajstić information content (AvgIpc) is 2.44. The lowest BCUT2D eigenvalue weighted by Gasteiger charge is -2.12. The molecule has 0 saturated heterocycles. The zero-order valence-corrected chi connectivity index (χ0v) is 13.6. The second-order valence-corrected chi connectivity index (χ2v) is 5.67. The van der Waals surface area contributed by atoms with Gasteiger partial charge in [0.2, 0.25) is 0 Å². The molecule has 2 N–H and O–H groups in total. The quantitative estimate of drug-likeness (QED) is 0.855. The molecule has 1 amide bonds. The van der Waals surface area contributed by atoms with Gasteiger partial charge in [-0.3, -0.25) is 4.79 Å². The van der Waals surface area contributed by atoms with Gasteiger partial charge in [-0.2, -0.15) is 0 Å². The number of carbonyl (C=O) groups is 1. The van der Waals surface area contributed by atoms with Gasteiger partial charge in [0.05, 0.1) is 4.47 Å². The van der Waals surface area contributed by atoms with Crippen molar-refractivity contribution in [1.29, 1.82) is 0 Å². The zero-order chi connectivity index (χ0) is 15.6. The van der Waals surface area contributed by atoms with E-state index in [-0.39, 0.29) is 5.91 Å². The molecule has 0 unspecified atom stereocenters. The van der Waals surface area contributed by atoms with E-state index in [1.165, 1.54) is 6.07 Å². The molecule has 0 fully saturated rings. The molecule has 110 valence electrons. The normalized spacial score (nSPS) is 10.3. The standard InChI is InChI=1S/C16H16BrFN2O/c1-9-6-11(19-3)4-5-12(9)16(21)20-15-8-14(18)13(17)7-10(15)2/h4-8,19H,1-3H3,(H,20,21). The van der Waals surface area contributed by atoms with Crippen LogP contribution >= 0.6 is 15.9 Å². The summed E-state index contributed by atoms with van der Waals surface area (Å²) in [5.74, 6) is -0.655. The van der Waals surface area contributed by atoms with Crippen molar-refractivity contribution in [3.8, 4) is 0 Å². The number of anilines is 2. The molecule has 0 saturated carbocycles. The average molecular weight is 351 g/mol. The fraction of sp³-hybridized carbons (Fsp3) is 0.188. The molecule has 0 spiro atoms. The summed E-state index contributed by atoms with van der Waals surface area (Å²) in [4.78, 5) is 12.3. The lowest BCUT2D eigenvalue weighted by Crippen LogP contribution is -2.14. The van der Waals surface area contributed by atoms with Crippen molar-refractivity contribution >= 4 is 33.2 Å². The maximum Gasteiger partial charge on any atom is 0.255 e. The molecule has 5 heteroatoms. The van der Waals surface area contributed by atoms with E-state index in [0.717, 1.165) is 16.8 Å². The molecular formula is C16H16BrFN2O. The van der Waals surface area contributed by atoms with Gasteiger partial charge in [-0.15, -0.1) is 0 Å². The van der Waals surface area contributed by atoms with Gasteiger partial charge >= 0.3 is 0 Å². The van der Waals surface area contributed by atoms with Crippen molar-refractivity contribution < 1.29 is 9.18 Å². The van der Waals surface area contributed by atoms with Crippen molar-refractivity contribution in [2.45, 2.75) is 13.8 Å². The lowest BCUT2D eigenvalue weighted by atomic mass is 10.1. The van der Waals surface area contributed by atoms with Crippen LogP contribution in [-0.4, -0.2) is 13.0 Å². The highest BCUT2D eigenvalue weighted by molar-refractivity contribution is 9.10. The van der Waals surface area contributed by atoms with Crippen LogP contribution < -0.4 is 10.6 Å². The van der Waals surface area contributed by atoms with Gasteiger partial charge in [-0.25, -0.2) is 4.39 Å². The van der Waals surface area contributed by atoms with Crippen LogP contribution in [0.4, 0.5) is 15.8 Å². The number of hydrogen-bond acceptors (Lipinski definition) is 2. The van der Waals surface area contributed by atoms with E-state index in [9.17, 15) is 9.18 Å². The first kappa shape index (κ1) is 15.5. The molecule has 0 radical (unpaired) electrons. The van der Waals surface area contributed by atoms with Gasteiger partial charge in [-0.1, -0.05) is 0 Å². The van der Waals surface area contributed by atoms with E-state index in [1.54, 1.807) is 12.1 Å². The van der Waals surface area contributed by atoms with Gasteiger partial charge in [0.1, 0.15) is 5.82 Å². The van der Waals surface area contributed by atoms with Crippen LogP contribution in [-0.2, 0) is 0 Å². The molecular weight excluding hydrogens is 335 g/mol. The number of benzene rings is 2. The second kappa shape index (κ2) is 6.26. The number of carbonyl (C=O) groups excluding carboxylic acids is 1. The van der Waals surface area contributed by atoms with Crippen LogP contribution in [0.5, 0.6) is 0 Å². The number of rotatable bonds is 3. The number of amides is 1. The van der Waals surface area contributed by atoms with Crippen molar-refractivity contribution in [2.24, 2.45) is 0 Å². The Morgan fingerprint density at radius 1 is 1.14 bits per heavy atom. The van der Waals surface area contributed by atoms with Crippen LogP contribution in [0.15, 0.2) is 34.8 Å². The molecule has 0 aliphatic heterocycles. The Morgan fingerprint density at radius 3 is 2.48 bits per heavy atom. The van der Waals surface area contributed by atoms with Crippen LogP contribution in [0.2, 0.25) is 0 Å². The molecule has 3 nitrogen and oxygen atoms in total. The highest BCUT2D eigenvalue weighted by Gasteiger charge is 2.12. The Hall–Kier alpha value is -1.88. The predicted molar refractivity (Wildman–Crippen MR) is 87.5 cm³/mol. The third-order valence-electron chi connectivity index (χ3n) is 3.28. The largest absolute Gasteiger partial charge is 0.388 e. The minimum atomic E-state index is -0.404. The summed E-state index contributed by atoms with van der Waals surface area (Å²) in [5.41, 5.74) is 3.63. The number of hydrogen-bond donors (Lipinski definition) is 2. The molecule has 0 aliphatic carbocycles. The smallest absolute Gasteiger partial charge is 0.255 e. The first-order valence-corrected chi connectivity index (χ1v) is 7.27. The Morgan fingerprint density at radius 2 is 1.86 bits per heavy atom. The first-order chi connectivity index (χ1) is 9.92. The summed E-state index contributed by atoms with van der Waals surface area (Å²) in [6.07, 6.45) is 0. The molecule has 0 aliphatic rings. The molecule has 2 aromatic rings. The summed E-state index contributed by atoms with van der Waals surface area (Å²) in [6, 6.07) is 8.43. The summed E-state index contributed by atoms with van der Waals surface area (Å²) >= 11 is 3.12. The predicted octanol–water partition coefficient (Wildman–Crippen LogP) is 4.50. The Bertz CT molecular complexity index is 701. The summed E-state index contributed by atoms with van der Waals surface area (Å²) in [6.45, 7) is 3.68. The van der Waals surface area contributed by atoms with E-state index in [0.29, 0.717) is 15.7 Å². The molecule has 0 bridgehead atoms. The summed E-state index contributed by atoms with van der Waals surface area (Å²) < 4.78 is 14.0. The van der Waals surface area contributed by atoms with Crippen LogP contribution in [0.3, 0.4) is 0 Å². The van der Waals surface area contributed by atoms with Crippen molar-refractivity contribution in [3.05, 3.63) is 57.3 Å². The van der Waals surface area contributed by atoms with E-state index in [2.05, 4.69) is 26.6 Å². The zero-order valence-electron chi connectivity index (χ0n) is 12.1. The van der Waals surface area contributed by atoms with E-state index in [1.807, 2.05) is 33.0 Å². The summed E-state index contributed by atoms with van der Waals surface area (Å²) in [7, 11) is 1.82. The lowest BCUT2D eigenvalue weighted by molar-refractivity contribution is 0.102. The van der Waals surface area contributed by atoms with Crippen molar-refractivity contribution in [2.75, 3.05) is 17.7 Å². The highest BCUT2D eigenvalue weighted by Crippen LogP contribution is 2.25. The van der Waals surface area contributed by atoms with E-state index >= 15 is 0 Å². The van der Waals surface area contributed by atoms with E-state index in [4.69, 9.17) is 0 Å². The number of nitrogens with one attached hydrogen (secondary N) is 2. The monoisotopic (exact) mass is 350 g/mol. The second-order valence-electron chi connectivity index (χ2n) is 4.82. The Labute approximate surface area is 131 Å². The minimum Gasteiger partial charge on any atom is -0.388 e. The maximum absolute atomic E-state index is 13.6. The molecule has 0 atom stereocenters. The number of halogens is 2. The molecule has 2 rings (SSSR count). The molecule has 0 heterocycles. The fourth-order valence-electron chi connectivity index (χ4n) is 2.04. The SMILES string of the molecule is CNc1ccc(C(=O)Nc2cc(F)c(Br)cc2C)c(C)c1. The molecule has 21 heavy (non-hydrogen) atoms. The van der Waals surface area contributed by atoms with Crippen molar-refractivity contribution in [1.82, 2.24) is 0 Å². The Balaban J connectivity index is 2.28. The number of aryl methyl sites for hydroxylation is 2. The van der Waals surface area contributed by atoms with Gasteiger partial charge in [0.15, 0.2) is 0 Å². The van der Waals surface area contributed by atoms with Gasteiger partial charge in [0, 0.05) is 24.0 Å². The van der Waals surface area contributed by atoms with Gasteiger partial charge < -0.3 is 10.6 Å². The van der Waals surface area contributed by atoms with Crippen LogP contribution in [0, 0.1) is 19.7 Å². The van der Waals surface area contributed by atoms with Gasteiger partial charge in [-0.05, 0) is 71.2 Å². The highest BCUT2D eigenvalue weighted by atomic mass is 79.9. The Kier molecular flexibility index (Phi) is 4.63. The van der Waals surface area contributed by atoms with Gasteiger partial charge in [0.25, 0.3) is 5.91 Å². The maximum atomic E-state index is 13.6.